The van der Waals surface area contributed by atoms with Crippen molar-refractivity contribution in [1.29, 1.82) is 0 Å². The number of aryl methyl sites for hydroxylation is 1. The third-order valence-corrected chi connectivity index (χ3v) is 2.89. The van der Waals surface area contributed by atoms with Crippen LogP contribution in [0.5, 0.6) is 0 Å². The minimum absolute atomic E-state index is 0.464. The fourth-order valence-corrected chi connectivity index (χ4v) is 1.80. The highest BCUT2D eigenvalue weighted by Gasteiger charge is 2.05. The van der Waals surface area contributed by atoms with Gasteiger partial charge in [-0.25, -0.2) is 9.97 Å². The van der Waals surface area contributed by atoms with Crippen LogP contribution < -0.4 is 4.90 Å². The van der Waals surface area contributed by atoms with Crippen LogP contribution >= 0.6 is 11.6 Å². The summed E-state index contributed by atoms with van der Waals surface area (Å²) < 4.78 is 0. The van der Waals surface area contributed by atoms with Gasteiger partial charge in [-0.15, -0.1) is 0 Å². The summed E-state index contributed by atoms with van der Waals surface area (Å²) in [6.07, 6.45) is 1.48. The summed E-state index contributed by atoms with van der Waals surface area (Å²) in [6.45, 7) is 2.91. The van der Waals surface area contributed by atoms with E-state index >= 15 is 0 Å². The van der Waals surface area contributed by atoms with Crippen molar-refractivity contribution in [3.63, 3.8) is 0 Å². The Bertz CT molecular complexity index is 514. The molecule has 3 nitrogen and oxygen atoms in total. The maximum atomic E-state index is 5.85. The first-order valence-electron chi connectivity index (χ1n) is 5.40. The molecule has 2 aromatic rings. The molecular formula is C13H14ClN3. The molecule has 0 radical (unpaired) electrons. The van der Waals surface area contributed by atoms with Gasteiger partial charge in [0.25, 0.3) is 0 Å². The van der Waals surface area contributed by atoms with E-state index in [9.17, 15) is 0 Å². The first kappa shape index (κ1) is 11.9. The second kappa shape index (κ2) is 5.15. The molecule has 88 valence electrons. The number of halogens is 1. The monoisotopic (exact) mass is 247 g/mol. The molecule has 0 N–H and O–H groups in total. The van der Waals surface area contributed by atoms with Gasteiger partial charge in [-0.2, -0.15) is 0 Å². The van der Waals surface area contributed by atoms with E-state index in [4.69, 9.17) is 11.6 Å². The van der Waals surface area contributed by atoms with Gasteiger partial charge in [-0.1, -0.05) is 35.9 Å². The van der Waals surface area contributed by atoms with E-state index in [0.29, 0.717) is 5.15 Å². The van der Waals surface area contributed by atoms with E-state index in [1.807, 2.05) is 19.2 Å². The number of nitrogens with zero attached hydrogens (tertiary/aromatic N) is 3. The lowest BCUT2D eigenvalue weighted by molar-refractivity contribution is 0.884. The first-order valence-corrected chi connectivity index (χ1v) is 5.78. The molecule has 0 amide bonds. The van der Waals surface area contributed by atoms with Crippen LogP contribution in [0.2, 0.25) is 5.15 Å². The van der Waals surface area contributed by atoms with Crippen molar-refractivity contribution in [3.05, 3.63) is 52.9 Å². The Labute approximate surface area is 106 Å². The highest BCUT2D eigenvalue weighted by Crippen LogP contribution is 2.16. The number of anilines is 1. The molecule has 0 bridgehead atoms. The van der Waals surface area contributed by atoms with Crippen LogP contribution in [0, 0.1) is 6.92 Å². The first-order chi connectivity index (χ1) is 8.16. The molecule has 0 atom stereocenters. The van der Waals surface area contributed by atoms with Crippen molar-refractivity contribution in [3.8, 4) is 0 Å². The van der Waals surface area contributed by atoms with Crippen LogP contribution in [0.3, 0.4) is 0 Å². The highest BCUT2D eigenvalue weighted by atomic mass is 35.5. The van der Waals surface area contributed by atoms with Crippen molar-refractivity contribution < 1.29 is 0 Å². The topological polar surface area (TPSA) is 29.0 Å². The summed E-state index contributed by atoms with van der Waals surface area (Å²) in [4.78, 5) is 10.1. The smallest absolute Gasteiger partial charge is 0.134 e. The van der Waals surface area contributed by atoms with Crippen LogP contribution in [0.15, 0.2) is 36.7 Å². The van der Waals surface area contributed by atoms with E-state index in [-0.39, 0.29) is 0 Å². The van der Waals surface area contributed by atoms with Gasteiger partial charge >= 0.3 is 0 Å². The van der Waals surface area contributed by atoms with E-state index < -0.39 is 0 Å². The van der Waals surface area contributed by atoms with E-state index in [0.717, 1.165) is 12.4 Å². The Hall–Kier alpha value is -1.61. The average molecular weight is 248 g/mol. The molecule has 0 aliphatic heterocycles. The molecule has 0 saturated carbocycles. The Morgan fingerprint density at radius 1 is 1.24 bits per heavy atom. The van der Waals surface area contributed by atoms with Gasteiger partial charge in [0.2, 0.25) is 0 Å². The number of hydrogen-bond donors (Lipinski definition) is 0. The zero-order valence-electron chi connectivity index (χ0n) is 9.89. The molecule has 0 unspecified atom stereocenters. The van der Waals surface area contributed by atoms with Crippen molar-refractivity contribution in [1.82, 2.24) is 9.97 Å². The second-order valence-corrected chi connectivity index (χ2v) is 4.37. The lowest BCUT2D eigenvalue weighted by Gasteiger charge is -2.19. The Morgan fingerprint density at radius 2 is 2.00 bits per heavy atom. The summed E-state index contributed by atoms with van der Waals surface area (Å²) in [5, 5.41) is 0.464. The average Bonchev–Trinajstić information content (AvgIpc) is 2.32. The molecule has 1 heterocycles. The highest BCUT2D eigenvalue weighted by molar-refractivity contribution is 6.29. The largest absolute Gasteiger partial charge is 0.355 e. The normalized spacial score (nSPS) is 10.3. The zero-order valence-corrected chi connectivity index (χ0v) is 10.6. The molecule has 1 aromatic carbocycles. The molecule has 0 fully saturated rings. The number of hydrogen-bond acceptors (Lipinski definition) is 3. The van der Waals surface area contributed by atoms with Crippen LogP contribution in [-0.2, 0) is 6.54 Å². The minimum atomic E-state index is 0.464. The van der Waals surface area contributed by atoms with E-state index in [1.165, 1.54) is 17.5 Å². The summed E-state index contributed by atoms with van der Waals surface area (Å²) >= 11 is 5.85. The number of rotatable bonds is 3. The van der Waals surface area contributed by atoms with Crippen LogP contribution in [0.25, 0.3) is 0 Å². The quantitative estimate of drug-likeness (QED) is 0.781. The van der Waals surface area contributed by atoms with Gasteiger partial charge in [0, 0.05) is 19.7 Å². The van der Waals surface area contributed by atoms with Crippen LogP contribution in [0.4, 0.5) is 5.82 Å². The minimum Gasteiger partial charge on any atom is -0.355 e. The fourth-order valence-electron chi connectivity index (χ4n) is 1.66. The molecular weight excluding hydrogens is 234 g/mol. The molecule has 0 saturated heterocycles. The van der Waals surface area contributed by atoms with Gasteiger partial charge in [0.15, 0.2) is 0 Å². The standard InChI is InChI=1S/C13H14ClN3/c1-10-5-3-4-6-11(10)8-17(2)13-7-12(14)15-9-16-13/h3-7,9H,8H2,1-2H3. The second-order valence-electron chi connectivity index (χ2n) is 3.98. The SMILES string of the molecule is Cc1ccccc1CN(C)c1cc(Cl)ncn1. The predicted molar refractivity (Wildman–Crippen MR) is 70.3 cm³/mol. The van der Waals surface area contributed by atoms with Gasteiger partial charge in [-0.05, 0) is 18.1 Å². The maximum absolute atomic E-state index is 5.85. The molecule has 0 aliphatic rings. The van der Waals surface area contributed by atoms with Gasteiger partial charge in [0.1, 0.15) is 17.3 Å². The molecule has 17 heavy (non-hydrogen) atoms. The maximum Gasteiger partial charge on any atom is 0.134 e. The summed E-state index contributed by atoms with van der Waals surface area (Å²) in [5.74, 6) is 0.827. The third kappa shape index (κ3) is 2.94. The predicted octanol–water partition coefficient (Wildman–Crippen LogP) is 3.07. The molecule has 0 spiro atoms. The van der Waals surface area contributed by atoms with Gasteiger partial charge < -0.3 is 4.90 Å². The number of benzene rings is 1. The van der Waals surface area contributed by atoms with Crippen molar-refractivity contribution >= 4 is 17.4 Å². The van der Waals surface area contributed by atoms with Crippen molar-refractivity contribution in [2.75, 3.05) is 11.9 Å². The Balaban J connectivity index is 2.17. The van der Waals surface area contributed by atoms with E-state index in [1.54, 1.807) is 6.07 Å². The lowest BCUT2D eigenvalue weighted by atomic mass is 10.1. The summed E-state index contributed by atoms with van der Waals surface area (Å²) in [7, 11) is 1.99. The van der Waals surface area contributed by atoms with Crippen LogP contribution in [0.1, 0.15) is 11.1 Å². The molecule has 1 aromatic heterocycles. The Kier molecular flexibility index (Phi) is 3.59. The third-order valence-electron chi connectivity index (χ3n) is 2.68. The van der Waals surface area contributed by atoms with Crippen molar-refractivity contribution in [2.45, 2.75) is 13.5 Å². The molecule has 2 rings (SSSR count). The van der Waals surface area contributed by atoms with E-state index in [2.05, 4.69) is 33.9 Å². The molecule has 0 aliphatic carbocycles. The molecule has 4 heteroatoms. The summed E-state index contributed by atoms with van der Waals surface area (Å²) in [5.41, 5.74) is 2.56. The van der Waals surface area contributed by atoms with Crippen LogP contribution in [-0.4, -0.2) is 17.0 Å². The Morgan fingerprint density at radius 3 is 2.71 bits per heavy atom. The summed E-state index contributed by atoms with van der Waals surface area (Å²) in [6, 6.07) is 10.1. The van der Waals surface area contributed by atoms with Gasteiger partial charge in [-0.3, -0.25) is 0 Å². The van der Waals surface area contributed by atoms with Crippen molar-refractivity contribution in [2.24, 2.45) is 0 Å². The number of aromatic nitrogens is 2. The zero-order chi connectivity index (χ0) is 12.3. The lowest BCUT2D eigenvalue weighted by Crippen LogP contribution is -2.18. The fraction of sp³-hybridized carbons (Fsp3) is 0.231. The van der Waals surface area contributed by atoms with Gasteiger partial charge in [0.05, 0.1) is 0 Å².